The predicted molar refractivity (Wildman–Crippen MR) is 58.2 cm³/mol. The van der Waals surface area contributed by atoms with Crippen LogP contribution in [0.4, 0.5) is 0 Å². The summed E-state index contributed by atoms with van der Waals surface area (Å²) in [6.45, 7) is 2.90. The summed E-state index contributed by atoms with van der Waals surface area (Å²) in [5.41, 5.74) is 0. The Hall–Kier alpha value is -1.08. The van der Waals surface area contributed by atoms with Crippen LogP contribution in [0.5, 0.6) is 0 Å². The van der Waals surface area contributed by atoms with Crippen molar-refractivity contribution in [3.05, 3.63) is 0 Å². The van der Waals surface area contributed by atoms with Gasteiger partial charge in [-0.15, -0.1) is 0 Å². The molecular formula is C11H20N2O2. The molecule has 4 heteroatoms. The number of hydrogen-bond donors (Lipinski definition) is 0. The molecule has 1 atom stereocenters. The first kappa shape index (κ1) is 13.9. The van der Waals surface area contributed by atoms with Gasteiger partial charge in [-0.2, -0.15) is 5.26 Å². The molecule has 0 heterocycles. The molecule has 0 saturated heterocycles. The molecular weight excluding hydrogens is 192 g/mol. The number of hydrogen-bond acceptors (Lipinski definition) is 4. The standard InChI is InChI=1S/C11H20N2O2/c1-4-10(7-8-12)13(2)9-5-6-11(14)15-3/h10H,4-7,9H2,1-3H3. The summed E-state index contributed by atoms with van der Waals surface area (Å²) in [7, 11) is 3.39. The quantitative estimate of drug-likeness (QED) is 0.601. The zero-order chi connectivity index (χ0) is 11.7. The van der Waals surface area contributed by atoms with Gasteiger partial charge in [0, 0.05) is 12.5 Å². The fraction of sp³-hybridized carbons (Fsp3) is 0.818. The van der Waals surface area contributed by atoms with Crippen molar-refractivity contribution in [2.75, 3.05) is 20.7 Å². The third-order valence-electron chi connectivity index (χ3n) is 2.54. The van der Waals surface area contributed by atoms with Crippen molar-refractivity contribution in [1.82, 2.24) is 4.90 Å². The molecule has 1 unspecified atom stereocenters. The highest BCUT2D eigenvalue weighted by atomic mass is 16.5. The van der Waals surface area contributed by atoms with Crippen LogP contribution < -0.4 is 0 Å². The van der Waals surface area contributed by atoms with Crippen LogP contribution in [0.15, 0.2) is 0 Å². The van der Waals surface area contributed by atoms with E-state index in [1.165, 1.54) is 7.11 Å². The van der Waals surface area contributed by atoms with Crippen molar-refractivity contribution in [2.24, 2.45) is 0 Å². The fourth-order valence-electron chi connectivity index (χ4n) is 1.47. The van der Waals surface area contributed by atoms with Gasteiger partial charge in [0.05, 0.1) is 19.6 Å². The molecule has 0 amide bonds. The molecule has 0 N–H and O–H groups in total. The van der Waals surface area contributed by atoms with Crippen LogP contribution in [0.2, 0.25) is 0 Å². The smallest absolute Gasteiger partial charge is 0.305 e. The lowest BCUT2D eigenvalue weighted by Gasteiger charge is -2.24. The molecule has 0 fully saturated rings. The van der Waals surface area contributed by atoms with E-state index in [2.05, 4.69) is 22.6 Å². The molecule has 0 radical (unpaired) electrons. The van der Waals surface area contributed by atoms with Crippen LogP contribution in [0.3, 0.4) is 0 Å². The van der Waals surface area contributed by atoms with E-state index < -0.39 is 0 Å². The number of ether oxygens (including phenoxy) is 1. The molecule has 86 valence electrons. The van der Waals surface area contributed by atoms with E-state index in [0.29, 0.717) is 18.9 Å². The lowest BCUT2D eigenvalue weighted by atomic mass is 10.1. The third kappa shape index (κ3) is 6.08. The number of carbonyl (C=O) groups is 1. The summed E-state index contributed by atoms with van der Waals surface area (Å²) in [4.78, 5) is 13.0. The highest BCUT2D eigenvalue weighted by Crippen LogP contribution is 2.07. The van der Waals surface area contributed by atoms with Gasteiger partial charge in [0.1, 0.15) is 0 Å². The lowest BCUT2D eigenvalue weighted by Crippen LogP contribution is -2.32. The highest BCUT2D eigenvalue weighted by Gasteiger charge is 2.12. The molecule has 0 aromatic heterocycles. The SMILES string of the molecule is CCC(CC#N)N(C)CCCC(=O)OC. The van der Waals surface area contributed by atoms with E-state index in [4.69, 9.17) is 5.26 Å². The van der Waals surface area contributed by atoms with Gasteiger partial charge >= 0.3 is 5.97 Å². The van der Waals surface area contributed by atoms with Gasteiger partial charge in [-0.3, -0.25) is 4.79 Å². The number of methoxy groups -OCH3 is 1. The summed E-state index contributed by atoms with van der Waals surface area (Å²) >= 11 is 0. The average molecular weight is 212 g/mol. The Morgan fingerprint density at radius 3 is 2.73 bits per heavy atom. The molecule has 0 bridgehead atoms. The molecule has 0 saturated carbocycles. The zero-order valence-electron chi connectivity index (χ0n) is 9.82. The molecule has 0 aliphatic carbocycles. The minimum atomic E-state index is -0.170. The van der Waals surface area contributed by atoms with E-state index in [-0.39, 0.29) is 5.97 Å². The van der Waals surface area contributed by atoms with E-state index in [0.717, 1.165) is 19.4 Å². The van der Waals surface area contributed by atoms with Gasteiger partial charge in [0.15, 0.2) is 0 Å². The maximum absolute atomic E-state index is 10.9. The molecule has 0 aromatic carbocycles. The predicted octanol–water partition coefficient (Wildman–Crippen LogP) is 1.56. The largest absolute Gasteiger partial charge is 0.469 e. The van der Waals surface area contributed by atoms with E-state index in [9.17, 15) is 4.79 Å². The number of rotatable bonds is 7. The number of nitrogens with zero attached hydrogens (tertiary/aromatic N) is 2. The number of carbonyl (C=O) groups excluding carboxylic acids is 1. The molecule has 0 rings (SSSR count). The van der Waals surface area contributed by atoms with Crippen molar-refractivity contribution in [1.29, 1.82) is 5.26 Å². The molecule has 0 aliphatic heterocycles. The summed E-state index contributed by atoms with van der Waals surface area (Å²) in [6, 6.07) is 2.48. The highest BCUT2D eigenvalue weighted by molar-refractivity contribution is 5.69. The Kier molecular flexibility index (Phi) is 7.65. The third-order valence-corrected chi connectivity index (χ3v) is 2.54. The van der Waals surface area contributed by atoms with Gasteiger partial charge in [-0.1, -0.05) is 6.92 Å². The normalized spacial score (nSPS) is 12.2. The minimum absolute atomic E-state index is 0.170. The molecule has 0 aromatic rings. The Labute approximate surface area is 91.8 Å². The summed E-state index contributed by atoms with van der Waals surface area (Å²) in [5, 5.41) is 8.62. The second kappa shape index (κ2) is 8.25. The van der Waals surface area contributed by atoms with Gasteiger partial charge < -0.3 is 9.64 Å². The van der Waals surface area contributed by atoms with Crippen molar-refractivity contribution in [3.63, 3.8) is 0 Å². The van der Waals surface area contributed by atoms with Gasteiger partial charge in [-0.25, -0.2) is 0 Å². The van der Waals surface area contributed by atoms with E-state index in [1.807, 2.05) is 7.05 Å². The second-order valence-corrected chi connectivity index (χ2v) is 3.58. The van der Waals surface area contributed by atoms with Gasteiger partial charge in [-0.05, 0) is 26.4 Å². The van der Waals surface area contributed by atoms with Crippen LogP contribution in [0.25, 0.3) is 0 Å². The van der Waals surface area contributed by atoms with Gasteiger partial charge in [0.2, 0.25) is 0 Å². The Morgan fingerprint density at radius 1 is 1.60 bits per heavy atom. The summed E-state index contributed by atoms with van der Waals surface area (Å²) in [6.07, 6.45) is 2.74. The molecule has 0 spiro atoms. The summed E-state index contributed by atoms with van der Waals surface area (Å²) in [5.74, 6) is -0.170. The van der Waals surface area contributed by atoms with Crippen LogP contribution >= 0.6 is 0 Å². The molecule has 4 nitrogen and oxygen atoms in total. The van der Waals surface area contributed by atoms with E-state index >= 15 is 0 Å². The first-order chi connectivity index (χ1) is 7.15. The fourth-order valence-corrected chi connectivity index (χ4v) is 1.47. The van der Waals surface area contributed by atoms with Crippen LogP contribution in [0, 0.1) is 11.3 Å². The Balaban J connectivity index is 3.76. The first-order valence-corrected chi connectivity index (χ1v) is 5.29. The van der Waals surface area contributed by atoms with Crippen molar-refractivity contribution in [2.45, 2.75) is 38.6 Å². The van der Waals surface area contributed by atoms with Crippen molar-refractivity contribution >= 4 is 5.97 Å². The monoisotopic (exact) mass is 212 g/mol. The maximum Gasteiger partial charge on any atom is 0.305 e. The van der Waals surface area contributed by atoms with Gasteiger partial charge in [0.25, 0.3) is 0 Å². The van der Waals surface area contributed by atoms with Crippen LogP contribution in [-0.2, 0) is 9.53 Å². The van der Waals surface area contributed by atoms with Crippen LogP contribution in [-0.4, -0.2) is 37.6 Å². The molecule has 0 aliphatic rings. The zero-order valence-corrected chi connectivity index (χ0v) is 9.82. The molecule has 15 heavy (non-hydrogen) atoms. The summed E-state index contributed by atoms with van der Waals surface area (Å²) < 4.78 is 4.56. The first-order valence-electron chi connectivity index (χ1n) is 5.29. The number of esters is 1. The topological polar surface area (TPSA) is 53.3 Å². The Morgan fingerprint density at radius 2 is 2.27 bits per heavy atom. The van der Waals surface area contributed by atoms with Crippen molar-refractivity contribution in [3.8, 4) is 6.07 Å². The second-order valence-electron chi connectivity index (χ2n) is 3.58. The number of nitriles is 1. The van der Waals surface area contributed by atoms with Crippen molar-refractivity contribution < 1.29 is 9.53 Å². The average Bonchev–Trinajstić information content (AvgIpc) is 2.25. The van der Waals surface area contributed by atoms with E-state index in [1.54, 1.807) is 0 Å². The maximum atomic E-state index is 10.9. The lowest BCUT2D eigenvalue weighted by molar-refractivity contribution is -0.140. The Bertz CT molecular complexity index is 223. The van der Waals surface area contributed by atoms with Crippen LogP contribution in [0.1, 0.15) is 32.6 Å². The minimum Gasteiger partial charge on any atom is -0.469 e.